The topological polar surface area (TPSA) is 85.8 Å². The molecule has 3 heterocycles. The first-order valence-electron chi connectivity index (χ1n) is 8.07. The molecule has 0 aromatic carbocycles. The fraction of sp³-hybridized carbons (Fsp3) is 0.786. The number of hydrogen-bond donors (Lipinski definition) is 0. The zero-order valence-electron chi connectivity index (χ0n) is 12.6. The first-order valence-corrected chi connectivity index (χ1v) is 8.07. The molecule has 2 aromatic heterocycles. The van der Waals surface area contributed by atoms with Crippen LogP contribution in [0.4, 0.5) is 5.95 Å². The molecule has 0 radical (unpaired) electrons. The molecule has 8 heteroatoms. The van der Waals surface area contributed by atoms with Gasteiger partial charge in [-0.1, -0.05) is 11.5 Å². The maximum Gasteiger partial charge on any atom is 0.245 e. The van der Waals surface area contributed by atoms with Gasteiger partial charge in [0.25, 0.3) is 0 Å². The van der Waals surface area contributed by atoms with Crippen molar-refractivity contribution in [2.75, 3.05) is 18.0 Å². The van der Waals surface area contributed by atoms with E-state index in [9.17, 15) is 0 Å². The molecule has 3 fully saturated rings. The predicted octanol–water partition coefficient (Wildman–Crippen LogP) is 1.03. The van der Waals surface area contributed by atoms with Gasteiger partial charge in [0.1, 0.15) is 0 Å². The minimum atomic E-state index is -0.00785. The number of nitrogens with zero attached hydrogens (tertiary/aromatic N) is 7. The summed E-state index contributed by atoms with van der Waals surface area (Å²) in [5, 5.41) is 20.6. The molecule has 0 spiro atoms. The highest BCUT2D eigenvalue weighted by molar-refractivity contribution is 5.36. The first-order chi connectivity index (χ1) is 10.8. The summed E-state index contributed by atoms with van der Waals surface area (Å²) in [7, 11) is 1.88. The normalized spacial score (nSPS) is 31.0. The lowest BCUT2D eigenvalue weighted by molar-refractivity contribution is 0.296. The zero-order chi connectivity index (χ0) is 14.7. The van der Waals surface area contributed by atoms with Crippen molar-refractivity contribution in [3.05, 3.63) is 11.8 Å². The molecule has 116 valence electrons. The molecule has 5 rings (SSSR count). The van der Waals surface area contributed by atoms with E-state index in [-0.39, 0.29) is 5.41 Å². The third-order valence-corrected chi connectivity index (χ3v) is 5.54. The largest absolute Gasteiger partial charge is 0.424 e. The van der Waals surface area contributed by atoms with Gasteiger partial charge in [-0.15, -0.1) is 10.2 Å². The second kappa shape index (κ2) is 4.27. The third kappa shape index (κ3) is 1.66. The maximum atomic E-state index is 6.08. The van der Waals surface area contributed by atoms with Gasteiger partial charge in [-0.3, -0.25) is 0 Å². The van der Waals surface area contributed by atoms with Gasteiger partial charge in [0, 0.05) is 26.1 Å². The summed E-state index contributed by atoms with van der Waals surface area (Å²) < 4.78 is 7.82. The Hall–Kier alpha value is -1.99. The average molecular weight is 301 g/mol. The van der Waals surface area contributed by atoms with Gasteiger partial charge >= 0.3 is 0 Å². The Morgan fingerprint density at radius 2 is 2.09 bits per heavy atom. The number of tetrazole rings is 1. The summed E-state index contributed by atoms with van der Waals surface area (Å²) in [5.41, 5.74) is -0.00785. The average Bonchev–Trinajstić information content (AvgIpc) is 2.90. The number of aromatic nitrogens is 6. The van der Waals surface area contributed by atoms with Crippen LogP contribution in [-0.4, -0.2) is 43.5 Å². The number of aryl methyl sites for hydroxylation is 1. The van der Waals surface area contributed by atoms with Crippen LogP contribution in [0.2, 0.25) is 0 Å². The van der Waals surface area contributed by atoms with Crippen LogP contribution in [0.5, 0.6) is 0 Å². The van der Waals surface area contributed by atoms with E-state index >= 15 is 0 Å². The van der Waals surface area contributed by atoms with Crippen LogP contribution >= 0.6 is 0 Å². The van der Waals surface area contributed by atoms with Crippen LogP contribution in [0.3, 0.4) is 0 Å². The SMILES string of the molecule is Cn1nnnc1N1C[C@@H]2CCC[C@]2(c2nnc(C3CC3)o2)C1. The lowest BCUT2D eigenvalue weighted by Gasteiger charge is -2.24. The fourth-order valence-corrected chi connectivity index (χ4v) is 4.21. The van der Waals surface area contributed by atoms with Crippen LogP contribution in [0.25, 0.3) is 0 Å². The van der Waals surface area contributed by atoms with Gasteiger partial charge in [0.2, 0.25) is 17.7 Å². The molecule has 2 aromatic rings. The van der Waals surface area contributed by atoms with Gasteiger partial charge in [-0.05, 0) is 42.0 Å². The minimum absolute atomic E-state index is 0.00785. The maximum absolute atomic E-state index is 6.08. The van der Waals surface area contributed by atoms with Crippen molar-refractivity contribution in [3.63, 3.8) is 0 Å². The lowest BCUT2D eigenvalue weighted by Crippen LogP contribution is -2.33. The smallest absolute Gasteiger partial charge is 0.245 e. The van der Waals surface area contributed by atoms with E-state index in [1.165, 1.54) is 25.7 Å². The summed E-state index contributed by atoms with van der Waals surface area (Å²) in [4.78, 5) is 2.27. The highest BCUT2D eigenvalue weighted by atomic mass is 16.4. The highest BCUT2D eigenvalue weighted by Crippen LogP contribution is 2.51. The van der Waals surface area contributed by atoms with Crippen molar-refractivity contribution < 1.29 is 4.42 Å². The zero-order valence-corrected chi connectivity index (χ0v) is 12.6. The van der Waals surface area contributed by atoms with Gasteiger partial charge < -0.3 is 9.32 Å². The molecule has 1 saturated heterocycles. The standard InChI is InChI=1S/C14H19N7O/c1-20-13(17-18-19-20)21-7-10-3-2-6-14(10,8-21)12-16-15-11(22-12)9-4-5-9/h9-10H,2-8H2,1H3/t10-,14-/m0/s1. The Morgan fingerprint density at radius 1 is 1.18 bits per heavy atom. The Labute approximate surface area is 127 Å². The lowest BCUT2D eigenvalue weighted by atomic mass is 9.80. The number of hydrogen-bond acceptors (Lipinski definition) is 7. The van der Waals surface area contributed by atoms with Gasteiger partial charge in [0.15, 0.2) is 0 Å². The van der Waals surface area contributed by atoms with E-state index in [4.69, 9.17) is 4.42 Å². The van der Waals surface area contributed by atoms with Crippen molar-refractivity contribution in [2.45, 2.75) is 43.4 Å². The number of anilines is 1. The van der Waals surface area contributed by atoms with Crippen LogP contribution < -0.4 is 4.90 Å². The van der Waals surface area contributed by atoms with Crippen molar-refractivity contribution in [1.29, 1.82) is 0 Å². The Kier molecular flexibility index (Phi) is 2.43. The van der Waals surface area contributed by atoms with Crippen molar-refractivity contribution in [1.82, 2.24) is 30.4 Å². The summed E-state index contributed by atoms with van der Waals surface area (Å²) >= 11 is 0. The summed E-state index contributed by atoms with van der Waals surface area (Å²) in [6.45, 7) is 1.84. The van der Waals surface area contributed by atoms with E-state index in [1.54, 1.807) is 4.68 Å². The van der Waals surface area contributed by atoms with E-state index in [1.807, 2.05) is 7.05 Å². The summed E-state index contributed by atoms with van der Waals surface area (Å²) in [6, 6.07) is 0. The van der Waals surface area contributed by atoms with Gasteiger partial charge in [-0.25, -0.2) is 4.68 Å². The van der Waals surface area contributed by atoms with Crippen LogP contribution in [0.15, 0.2) is 4.42 Å². The van der Waals surface area contributed by atoms with E-state index in [0.29, 0.717) is 11.8 Å². The summed E-state index contributed by atoms with van der Waals surface area (Å²) in [5.74, 6) is 3.58. The fourth-order valence-electron chi connectivity index (χ4n) is 4.21. The van der Waals surface area contributed by atoms with Crippen molar-refractivity contribution in [3.8, 4) is 0 Å². The number of rotatable bonds is 3. The first kappa shape index (κ1) is 12.5. The minimum Gasteiger partial charge on any atom is -0.424 e. The van der Waals surface area contributed by atoms with Crippen molar-refractivity contribution in [2.24, 2.45) is 13.0 Å². The van der Waals surface area contributed by atoms with E-state index in [2.05, 4.69) is 30.6 Å². The molecule has 2 atom stereocenters. The highest BCUT2D eigenvalue weighted by Gasteiger charge is 2.55. The monoisotopic (exact) mass is 301 g/mol. The van der Waals surface area contributed by atoms with E-state index in [0.717, 1.165) is 37.2 Å². The van der Waals surface area contributed by atoms with Crippen molar-refractivity contribution >= 4 is 5.95 Å². The summed E-state index contributed by atoms with van der Waals surface area (Å²) in [6.07, 6.45) is 5.94. The Morgan fingerprint density at radius 3 is 2.86 bits per heavy atom. The van der Waals surface area contributed by atoms with Crippen LogP contribution in [0, 0.1) is 5.92 Å². The molecule has 8 nitrogen and oxygen atoms in total. The molecule has 22 heavy (non-hydrogen) atoms. The molecule has 3 aliphatic rings. The molecule has 0 bridgehead atoms. The second-order valence-electron chi connectivity index (χ2n) is 6.95. The van der Waals surface area contributed by atoms with Gasteiger partial charge in [0.05, 0.1) is 5.41 Å². The Bertz CT molecular complexity index is 706. The molecule has 0 N–H and O–H groups in total. The predicted molar refractivity (Wildman–Crippen MR) is 76.3 cm³/mol. The molecule has 0 unspecified atom stereocenters. The van der Waals surface area contributed by atoms with Crippen LogP contribution in [-0.2, 0) is 12.5 Å². The molecular weight excluding hydrogens is 282 g/mol. The molecule has 2 aliphatic carbocycles. The third-order valence-electron chi connectivity index (χ3n) is 5.54. The molecule has 0 amide bonds. The molecular formula is C14H19N7O. The van der Waals surface area contributed by atoms with Gasteiger partial charge in [-0.2, -0.15) is 0 Å². The Balaban J connectivity index is 1.49. The van der Waals surface area contributed by atoms with E-state index < -0.39 is 0 Å². The second-order valence-corrected chi connectivity index (χ2v) is 6.95. The molecule has 2 saturated carbocycles. The van der Waals surface area contributed by atoms with Crippen LogP contribution in [0.1, 0.15) is 49.8 Å². The number of fused-ring (bicyclic) bond motifs is 1. The quantitative estimate of drug-likeness (QED) is 0.836. The molecule has 1 aliphatic heterocycles.